The van der Waals surface area contributed by atoms with Crippen molar-refractivity contribution in [2.45, 2.75) is 25.9 Å². The predicted molar refractivity (Wildman–Crippen MR) is 86.2 cm³/mol. The average Bonchev–Trinajstić information content (AvgIpc) is 2.53. The van der Waals surface area contributed by atoms with E-state index in [2.05, 4.69) is 36.2 Å². The quantitative estimate of drug-likeness (QED) is 0.775. The maximum Gasteiger partial charge on any atom is 0.0799 e. The molecule has 0 aliphatic heterocycles. The molecule has 1 aromatic heterocycles. The molecule has 0 aliphatic carbocycles. The van der Waals surface area contributed by atoms with E-state index in [9.17, 15) is 5.11 Å². The zero-order valence-electron chi connectivity index (χ0n) is 12.2. The van der Waals surface area contributed by atoms with Crippen molar-refractivity contribution >= 4 is 10.9 Å². The van der Waals surface area contributed by atoms with Gasteiger partial charge >= 0.3 is 0 Å². The fraction of sp³-hybridized carbons (Fsp3) is 0.211. The second-order valence-electron chi connectivity index (χ2n) is 5.46. The fourth-order valence-electron chi connectivity index (χ4n) is 2.63. The largest absolute Gasteiger partial charge is 0.388 e. The zero-order chi connectivity index (χ0) is 14.7. The number of aliphatic hydroxyl groups is 1. The number of aryl methyl sites for hydroxylation is 2. The Kier molecular flexibility index (Phi) is 3.98. The first-order chi connectivity index (χ1) is 10.2. The molecule has 1 heterocycles. The van der Waals surface area contributed by atoms with E-state index in [0.29, 0.717) is 0 Å². The molecule has 0 saturated carbocycles. The Hall–Kier alpha value is -2.19. The summed E-state index contributed by atoms with van der Waals surface area (Å²) < 4.78 is 0. The molecule has 0 amide bonds. The minimum absolute atomic E-state index is 0.459. The van der Waals surface area contributed by atoms with Crippen LogP contribution in [-0.4, -0.2) is 10.1 Å². The van der Waals surface area contributed by atoms with E-state index in [1.54, 1.807) is 6.20 Å². The van der Waals surface area contributed by atoms with Gasteiger partial charge in [0.15, 0.2) is 0 Å². The van der Waals surface area contributed by atoms with Crippen molar-refractivity contribution in [3.8, 4) is 0 Å². The number of benzene rings is 2. The first-order valence-corrected chi connectivity index (χ1v) is 7.31. The van der Waals surface area contributed by atoms with Crippen LogP contribution >= 0.6 is 0 Å². The maximum atomic E-state index is 10.5. The van der Waals surface area contributed by atoms with Crippen LogP contribution in [0.15, 0.2) is 60.8 Å². The number of aliphatic hydroxyl groups excluding tert-OH is 1. The van der Waals surface area contributed by atoms with Gasteiger partial charge in [-0.2, -0.15) is 0 Å². The average molecular weight is 277 g/mol. The summed E-state index contributed by atoms with van der Waals surface area (Å²) in [6, 6.07) is 18.4. The lowest BCUT2D eigenvalue weighted by atomic mass is 9.98. The highest BCUT2D eigenvalue weighted by Crippen LogP contribution is 2.26. The first-order valence-electron chi connectivity index (χ1n) is 7.31. The van der Waals surface area contributed by atoms with Gasteiger partial charge in [0.25, 0.3) is 0 Å². The van der Waals surface area contributed by atoms with E-state index in [4.69, 9.17) is 0 Å². The summed E-state index contributed by atoms with van der Waals surface area (Å²) in [5, 5.41) is 11.5. The SMILES string of the molecule is Cc1ccc(CCC(O)c2cccc3ncccc23)cc1. The number of hydrogen-bond donors (Lipinski definition) is 1. The molecule has 1 unspecified atom stereocenters. The number of nitrogens with zero attached hydrogens (tertiary/aromatic N) is 1. The number of hydrogen-bond acceptors (Lipinski definition) is 2. The molecule has 0 fully saturated rings. The molecule has 2 aromatic carbocycles. The smallest absolute Gasteiger partial charge is 0.0799 e. The van der Waals surface area contributed by atoms with Crippen LogP contribution in [0.1, 0.15) is 29.2 Å². The Morgan fingerprint density at radius 1 is 1.00 bits per heavy atom. The van der Waals surface area contributed by atoms with Gasteiger partial charge in [0.1, 0.15) is 0 Å². The van der Waals surface area contributed by atoms with Gasteiger partial charge in [0, 0.05) is 11.6 Å². The van der Waals surface area contributed by atoms with Crippen molar-refractivity contribution in [2.24, 2.45) is 0 Å². The molecule has 1 N–H and O–H groups in total. The van der Waals surface area contributed by atoms with Gasteiger partial charge in [-0.1, -0.05) is 48.0 Å². The van der Waals surface area contributed by atoms with Crippen molar-refractivity contribution in [2.75, 3.05) is 0 Å². The van der Waals surface area contributed by atoms with E-state index >= 15 is 0 Å². The third-order valence-electron chi connectivity index (χ3n) is 3.87. The summed E-state index contributed by atoms with van der Waals surface area (Å²) >= 11 is 0. The van der Waals surface area contributed by atoms with Crippen LogP contribution < -0.4 is 0 Å². The molecule has 0 spiro atoms. The topological polar surface area (TPSA) is 33.1 Å². The lowest BCUT2D eigenvalue weighted by Gasteiger charge is -2.13. The van der Waals surface area contributed by atoms with Gasteiger partial charge in [-0.15, -0.1) is 0 Å². The highest BCUT2D eigenvalue weighted by atomic mass is 16.3. The maximum absolute atomic E-state index is 10.5. The summed E-state index contributed by atoms with van der Waals surface area (Å²) in [4.78, 5) is 4.34. The van der Waals surface area contributed by atoms with Gasteiger partial charge in [-0.05, 0) is 43.0 Å². The molecule has 2 heteroatoms. The van der Waals surface area contributed by atoms with E-state index in [1.165, 1.54) is 11.1 Å². The van der Waals surface area contributed by atoms with E-state index in [1.807, 2.05) is 30.3 Å². The van der Waals surface area contributed by atoms with Crippen molar-refractivity contribution in [1.82, 2.24) is 4.98 Å². The molecule has 0 bridgehead atoms. The van der Waals surface area contributed by atoms with E-state index in [-0.39, 0.29) is 0 Å². The van der Waals surface area contributed by atoms with Crippen LogP contribution in [-0.2, 0) is 6.42 Å². The van der Waals surface area contributed by atoms with Crippen LogP contribution in [0.25, 0.3) is 10.9 Å². The summed E-state index contributed by atoms with van der Waals surface area (Å²) in [6.45, 7) is 2.09. The minimum Gasteiger partial charge on any atom is -0.388 e. The number of aromatic nitrogens is 1. The number of fused-ring (bicyclic) bond motifs is 1. The van der Waals surface area contributed by atoms with E-state index in [0.717, 1.165) is 29.3 Å². The molecule has 106 valence electrons. The summed E-state index contributed by atoms with van der Waals surface area (Å²) in [5.41, 5.74) is 4.43. The number of pyridine rings is 1. The monoisotopic (exact) mass is 277 g/mol. The highest BCUT2D eigenvalue weighted by molar-refractivity contribution is 5.82. The molecule has 3 aromatic rings. The normalized spacial score (nSPS) is 12.5. The lowest BCUT2D eigenvalue weighted by molar-refractivity contribution is 0.169. The second-order valence-corrected chi connectivity index (χ2v) is 5.46. The summed E-state index contributed by atoms with van der Waals surface area (Å²) in [5.74, 6) is 0. The Morgan fingerprint density at radius 2 is 1.81 bits per heavy atom. The fourth-order valence-corrected chi connectivity index (χ4v) is 2.63. The third kappa shape index (κ3) is 3.11. The van der Waals surface area contributed by atoms with Crippen molar-refractivity contribution in [3.05, 3.63) is 77.5 Å². The Labute approximate surface area is 125 Å². The van der Waals surface area contributed by atoms with Gasteiger partial charge in [-0.3, -0.25) is 4.98 Å². The Bertz CT molecular complexity index is 729. The molecule has 0 saturated heterocycles. The molecule has 0 radical (unpaired) electrons. The van der Waals surface area contributed by atoms with Crippen LogP contribution in [0.2, 0.25) is 0 Å². The predicted octanol–water partition coefficient (Wildman–Crippen LogP) is 4.21. The molecular weight excluding hydrogens is 258 g/mol. The van der Waals surface area contributed by atoms with Crippen molar-refractivity contribution < 1.29 is 5.11 Å². The summed E-state index contributed by atoms with van der Waals surface area (Å²) in [7, 11) is 0. The number of rotatable bonds is 4. The molecule has 3 rings (SSSR count). The van der Waals surface area contributed by atoms with Crippen LogP contribution in [0.5, 0.6) is 0 Å². The van der Waals surface area contributed by atoms with E-state index < -0.39 is 6.10 Å². The molecule has 2 nitrogen and oxygen atoms in total. The zero-order valence-corrected chi connectivity index (χ0v) is 12.2. The van der Waals surface area contributed by atoms with Crippen LogP contribution in [0.4, 0.5) is 0 Å². The van der Waals surface area contributed by atoms with Crippen LogP contribution in [0.3, 0.4) is 0 Å². The molecule has 1 atom stereocenters. The summed E-state index contributed by atoms with van der Waals surface area (Å²) in [6.07, 6.45) is 2.92. The Balaban J connectivity index is 1.78. The molecule has 0 aliphatic rings. The minimum atomic E-state index is -0.459. The highest BCUT2D eigenvalue weighted by Gasteiger charge is 2.11. The van der Waals surface area contributed by atoms with Crippen molar-refractivity contribution in [3.63, 3.8) is 0 Å². The Morgan fingerprint density at radius 3 is 2.62 bits per heavy atom. The third-order valence-corrected chi connectivity index (χ3v) is 3.87. The lowest BCUT2D eigenvalue weighted by Crippen LogP contribution is -2.01. The molecular formula is C19H19NO. The molecule has 21 heavy (non-hydrogen) atoms. The van der Waals surface area contributed by atoms with Crippen molar-refractivity contribution in [1.29, 1.82) is 0 Å². The second kappa shape index (κ2) is 6.06. The first kappa shape index (κ1) is 13.8. The van der Waals surface area contributed by atoms with Gasteiger partial charge in [0.05, 0.1) is 11.6 Å². The standard InChI is InChI=1S/C19H19NO/c1-14-7-9-15(10-8-14)11-12-19(21)17-4-2-6-18-16(17)5-3-13-20-18/h2-10,13,19,21H,11-12H2,1H3. The van der Waals surface area contributed by atoms with Crippen LogP contribution in [0, 0.1) is 6.92 Å². The van der Waals surface area contributed by atoms with Gasteiger partial charge in [-0.25, -0.2) is 0 Å². The van der Waals surface area contributed by atoms with Gasteiger partial charge in [0.2, 0.25) is 0 Å². The van der Waals surface area contributed by atoms with Gasteiger partial charge < -0.3 is 5.11 Å².